The SMILES string of the molecule is COc1cc2c(cc1NC(=O)[C@@H](C)[NH+]1CCc3cc(OC)c(OC)cc3C1)oc1ccccc12. The van der Waals surface area contributed by atoms with Gasteiger partial charge in [0.1, 0.15) is 23.5 Å². The highest BCUT2D eigenvalue weighted by Crippen LogP contribution is 2.36. The second kappa shape index (κ2) is 8.91. The molecule has 0 saturated heterocycles. The fourth-order valence-electron chi connectivity index (χ4n) is 4.80. The largest absolute Gasteiger partial charge is 0.495 e. The van der Waals surface area contributed by atoms with Crippen LogP contribution in [-0.2, 0) is 17.8 Å². The van der Waals surface area contributed by atoms with Crippen molar-refractivity contribution in [1.82, 2.24) is 0 Å². The zero-order valence-electron chi connectivity index (χ0n) is 19.9. The number of anilines is 1. The van der Waals surface area contributed by atoms with Crippen LogP contribution in [0.1, 0.15) is 18.1 Å². The normalized spacial score (nSPS) is 16.2. The number of para-hydroxylation sites is 1. The Morgan fingerprint density at radius 1 is 0.912 bits per heavy atom. The number of carbonyl (C=O) groups excluding carboxylic acids is 1. The van der Waals surface area contributed by atoms with Crippen molar-refractivity contribution in [3.8, 4) is 17.2 Å². The third-order valence-electron chi connectivity index (χ3n) is 6.80. The number of methoxy groups -OCH3 is 3. The van der Waals surface area contributed by atoms with Gasteiger partial charge in [-0.15, -0.1) is 0 Å². The van der Waals surface area contributed by atoms with E-state index in [-0.39, 0.29) is 11.9 Å². The number of carbonyl (C=O) groups is 1. The fraction of sp³-hybridized carbons (Fsp3) is 0.296. The van der Waals surface area contributed by atoms with Crippen molar-refractivity contribution in [2.45, 2.75) is 25.9 Å². The fourth-order valence-corrected chi connectivity index (χ4v) is 4.80. The van der Waals surface area contributed by atoms with Gasteiger partial charge in [-0.1, -0.05) is 18.2 Å². The number of quaternary nitrogens is 1. The summed E-state index contributed by atoms with van der Waals surface area (Å²) in [6.45, 7) is 3.56. The molecule has 2 N–H and O–H groups in total. The van der Waals surface area contributed by atoms with Crippen molar-refractivity contribution in [3.05, 3.63) is 59.7 Å². The van der Waals surface area contributed by atoms with E-state index in [1.807, 2.05) is 55.5 Å². The van der Waals surface area contributed by atoms with Crippen LogP contribution in [0.2, 0.25) is 0 Å². The lowest BCUT2D eigenvalue weighted by Gasteiger charge is -2.30. The minimum absolute atomic E-state index is 0.0623. The summed E-state index contributed by atoms with van der Waals surface area (Å²) in [4.78, 5) is 14.5. The molecule has 7 heteroatoms. The number of ether oxygens (including phenoxy) is 3. The molecule has 0 aliphatic carbocycles. The standard InChI is InChI=1S/C27H28N2O5/c1-16(29-10-9-17-11-25(32-3)26(33-4)12-18(17)15-29)27(30)28-21-14-23-20(13-24(21)31-2)19-7-5-6-8-22(19)34-23/h5-8,11-14,16H,9-10,15H2,1-4H3,(H,28,30)/p+1/t16-/m1/s1. The summed E-state index contributed by atoms with van der Waals surface area (Å²) in [5.41, 5.74) is 4.55. The number of amides is 1. The molecule has 0 radical (unpaired) electrons. The molecule has 4 aromatic rings. The third-order valence-corrected chi connectivity index (χ3v) is 6.80. The Morgan fingerprint density at radius 2 is 1.62 bits per heavy atom. The first-order valence-electron chi connectivity index (χ1n) is 11.4. The summed E-state index contributed by atoms with van der Waals surface area (Å²) in [6, 6.07) is 15.5. The van der Waals surface area contributed by atoms with Crippen LogP contribution in [0.4, 0.5) is 5.69 Å². The molecular formula is C27H29N2O5+. The zero-order chi connectivity index (χ0) is 23.8. The second-order valence-electron chi connectivity index (χ2n) is 8.67. The van der Waals surface area contributed by atoms with Crippen molar-refractivity contribution in [2.75, 3.05) is 33.2 Å². The van der Waals surface area contributed by atoms with E-state index in [9.17, 15) is 4.79 Å². The van der Waals surface area contributed by atoms with Crippen LogP contribution >= 0.6 is 0 Å². The van der Waals surface area contributed by atoms with Gasteiger partial charge in [0.05, 0.1) is 33.6 Å². The predicted octanol–water partition coefficient (Wildman–Crippen LogP) is 3.58. The van der Waals surface area contributed by atoms with Crippen LogP contribution < -0.4 is 24.4 Å². The van der Waals surface area contributed by atoms with E-state index in [1.165, 1.54) is 16.0 Å². The lowest BCUT2D eigenvalue weighted by molar-refractivity contribution is -0.929. The molecule has 0 bridgehead atoms. The lowest BCUT2D eigenvalue weighted by atomic mass is 9.97. The molecule has 0 saturated carbocycles. The molecule has 1 aliphatic heterocycles. The Kier molecular flexibility index (Phi) is 5.79. The highest BCUT2D eigenvalue weighted by Gasteiger charge is 2.30. The van der Waals surface area contributed by atoms with Gasteiger partial charge in [0.25, 0.3) is 5.91 Å². The van der Waals surface area contributed by atoms with Crippen LogP contribution in [0, 0.1) is 0 Å². The van der Waals surface area contributed by atoms with E-state index in [2.05, 4.69) is 5.32 Å². The molecular weight excluding hydrogens is 432 g/mol. The number of hydrogen-bond donors (Lipinski definition) is 2. The maximum atomic E-state index is 13.3. The van der Waals surface area contributed by atoms with Gasteiger partial charge >= 0.3 is 0 Å². The smallest absolute Gasteiger partial charge is 0.282 e. The van der Waals surface area contributed by atoms with Crippen molar-refractivity contribution >= 4 is 33.5 Å². The third kappa shape index (κ3) is 3.82. The van der Waals surface area contributed by atoms with Crippen LogP contribution in [-0.4, -0.2) is 39.8 Å². The Hall–Kier alpha value is -3.71. The molecule has 1 unspecified atom stereocenters. The number of benzene rings is 3. The van der Waals surface area contributed by atoms with Crippen LogP contribution in [0.3, 0.4) is 0 Å². The number of furan rings is 1. The van der Waals surface area contributed by atoms with Gasteiger partial charge in [0.15, 0.2) is 17.5 Å². The van der Waals surface area contributed by atoms with Crippen molar-refractivity contribution in [3.63, 3.8) is 0 Å². The van der Waals surface area contributed by atoms with E-state index in [0.717, 1.165) is 41.6 Å². The topological polar surface area (TPSA) is 74.4 Å². The van der Waals surface area contributed by atoms with Crippen molar-refractivity contribution < 1.29 is 28.3 Å². The maximum Gasteiger partial charge on any atom is 0.282 e. The van der Waals surface area contributed by atoms with Crippen LogP contribution in [0.25, 0.3) is 21.9 Å². The Bertz CT molecular complexity index is 1380. The van der Waals surface area contributed by atoms with Crippen molar-refractivity contribution in [1.29, 1.82) is 0 Å². The summed E-state index contributed by atoms with van der Waals surface area (Å²) in [6.07, 6.45) is 0.872. The van der Waals surface area contributed by atoms with E-state index >= 15 is 0 Å². The van der Waals surface area contributed by atoms with E-state index < -0.39 is 0 Å². The average molecular weight is 462 g/mol. The summed E-state index contributed by atoms with van der Waals surface area (Å²) >= 11 is 0. The van der Waals surface area contributed by atoms with Gasteiger partial charge in [0.2, 0.25) is 0 Å². The Balaban J connectivity index is 1.37. The number of fused-ring (bicyclic) bond motifs is 4. The van der Waals surface area contributed by atoms with Gasteiger partial charge in [-0.05, 0) is 36.8 Å². The maximum absolute atomic E-state index is 13.3. The van der Waals surface area contributed by atoms with Gasteiger partial charge in [0, 0.05) is 28.8 Å². The Morgan fingerprint density at radius 3 is 2.35 bits per heavy atom. The molecule has 2 heterocycles. The first-order valence-corrected chi connectivity index (χ1v) is 11.4. The molecule has 34 heavy (non-hydrogen) atoms. The van der Waals surface area contributed by atoms with E-state index in [1.54, 1.807) is 21.3 Å². The minimum Gasteiger partial charge on any atom is -0.495 e. The summed E-state index contributed by atoms with van der Waals surface area (Å²) in [5.74, 6) is 2.00. The zero-order valence-corrected chi connectivity index (χ0v) is 19.9. The molecule has 2 atom stereocenters. The quantitative estimate of drug-likeness (QED) is 0.459. The molecule has 1 aliphatic rings. The molecule has 1 amide bonds. The molecule has 7 nitrogen and oxygen atoms in total. The number of rotatable bonds is 6. The molecule has 0 fully saturated rings. The number of hydrogen-bond acceptors (Lipinski definition) is 5. The minimum atomic E-state index is -0.252. The summed E-state index contributed by atoms with van der Waals surface area (Å²) in [7, 11) is 4.89. The molecule has 3 aromatic carbocycles. The summed E-state index contributed by atoms with van der Waals surface area (Å²) < 4.78 is 22.5. The molecule has 5 rings (SSSR count). The molecule has 0 spiro atoms. The highest BCUT2D eigenvalue weighted by molar-refractivity contribution is 6.08. The number of nitrogens with one attached hydrogen (secondary N) is 2. The van der Waals surface area contributed by atoms with Gasteiger partial charge in [-0.25, -0.2) is 0 Å². The highest BCUT2D eigenvalue weighted by atomic mass is 16.5. The lowest BCUT2D eigenvalue weighted by Crippen LogP contribution is -3.16. The average Bonchev–Trinajstić information content (AvgIpc) is 3.23. The van der Waals surface area contributed by atoms with Crippen LogP contribution in [0.15, 0.2) is 52.9 Å². The predicted molar refractivity (Wildman–Crippen MR) is 131 cm³/mol. The Labute approximate surface area is 198 Å². The van der Waals surface area contributed by atoms with Crippen LogP contribution in [0.5, 0.6) is 17.2 Å². The first kappa shape index (κ1) is 22.1. The molecule has 176 valence electrons. The van der Waals surface area contributed by atoms with E-state index in [4.69, 9.17) is 18.6 Å². The first-order chi connectivity index (χ1) is 16.5. The molecule has 1 aromatic heterocycles. The van der Waals surface area contributed by atoms with Crippen molar-refractivity contribution in [2.24, 2.45) is 0 Å². The second-order valence-corrected chi connectivity index (χ2v) is 8.67. The monoisotopic (exact) mass is 461 g/mol. The van der Waals surface area contributed by atoms with E-state index in [0.29, 0.717) is 22.8 Å². The van der Waals surface area contributed by atoms with Gasteiger partial charge < -0.3 is 28.8 Å². The summed E-state index contributed by atoms with van der Waals surface area (Å²) in [5, 5.41) is 5.05. The van der Waals surface area contributed by atoms with Gasteiger partial charge in [-0.2, -0.15) is 0 Å². The van der Waals surface area contributed by atoms with Gasteiger partial charge in [-0.3, -0.25) is 4.79 Å².